The Bertz CT molecular complexity index is 1230. The van der Waals surface area contributed by atoms with Gasteiger partial charge in [-0.2, -0.15) is 0 Å². The lowest BCUT2D eigenvalue weighted by molar-refractivity contribution is -0.144. The van der Waals surface area contributed by atoms with Crippen molar-refractivity contribution < 1.29 is 19.4 Å². The molecule has 0 fully saturated rings. The van der Waals surface area contributed by atoms with E-state index in [4.69, 9.17) is 10.5 Å². The van der Waals surface area contributed by atoms with Gasteiger partial charge < -0.3 is 15.2 Å². The van der Waals surface area contributed by atoms with Gasteiger partial charge in [-0.3, -0.25) is 10.5 Å². The lowest BCUT2D eigenvalue weighted by atomic mass is 9.86. The summed E-state index contributed by atoms with van der Waals surface area (Å²) in [7, 11) is 1.27. The number of amides is 1. The van der Waals surface area contributed by atoms with Crippen molar-refractivity contribution in [1.82, 2.24) is 5.32 Å². The largest absolute Gasteiger partial charge is 0.467 e. The van der Waals surface area contributed by atoms with Crippen LogP contribution in [0.5, 0.6) is 0 Å². The zero-order chi connectivity index (χ0) is 24.8. The van der Waals surface area contributed by atoms with Crippen LogP contribution in [0.3, 0.4) is 0 Å². The van der Waals surface area contributed by atoms with Crippen LogP contribution in [-0.2, 0) is 20.7 Å². The lowest BCUT2D eigenvalue weighted by Gasteiger charge is -2.29. The summed E-state index contributed by atoms with van der Waals surface area (Å²) in [5.74, 6) is -1.45. The van der Waals surface area contributed by atoms with Gasteiger partial charge in [0.1, 0.15) is 6.04 Å². The Morgan fingerprint density at radius 2 is 1.57 bits per heavy atom. The number of nitrogens with one attached hydrogen (secondary N) is 1. The molecule has 1 aliphatic rings. The molecule has 6 nitrogen and oxygen atoms in total. The number of benzene rings is 3. The Balaban J connectivity index is 1.52. The molecule has 3 atom stereocenters. The Hall–Kier alpha value is -4.00. The zero-order valence-electron chi connectivity index (χ0n) is 19.4. The van der Waals surface area contributed by atoms with Gasteiger partial charge in [-0.05, 0) is 28.3 Å². The molecular formula is C29H28N2O4. The van der Waals surface area contributed by atoms with E-state index in [0.717, 1.165) is 22.3 Å². The summed E-state index contributed by atoms with van der Waals surface area (Å²) in [5, 5.41) is 13.4. The molecule has 1 amide bonds. The SMILES string of the molecule is COC(=O)[C@H](Cc1ccc(-c2ccccc2)cc1)NC(=O)C1=CC(c2ccccc2)C=CC1(N)O. The molecule has 4 N–H and O–H groups in total. The van der Waals surface area contributed by atoms with Gasteiger partial charge >= 0.3 is 5.97 Å². The lowest BCUT2D eigenvalue weighted by Crippen LogP contribution is -2.51. The summed E-state index contributed by atoms with van der Waals surface area (Å²) < 4.78 is 4.93. The molecule has 35 heavy (non-hydrogen) atoms. The van der Waals surface area contributed by atoms with Crippen LogP contribution in [0.4, 0.5) is 0 Å². The van der Waals surface area contributed by atoms with Crippen molar-refractivity contribution in [3.63, 3.8) is 0 Å². The first kappa shape index (κ1) is 24.1. The summed E-state index contributed by atoms with van der Waals surface area (Å²) in [6.07, 6.45) is 4.99. The molecule has 0 aliphatic heterocycles. The average Bonchev–Trinajstić information content (AvgIpc) is 2.89. The van der Waals surface area contributed by atoms with Crippen molar-refractivity contribution in [2.24, 2.45) is 5.73 Å². The van der Waals surface area contributed by atoms with E-state index in [0.29, 0.717) is 0 Å². The fourth-order valence-corrected chi connectivity index (χ4v) is 4.12. The highest BCUT2D eigenvalue weighted by Crippen LogP contribution is 2.29. The molecule has 1 aliphatic carbocycles. The van der Waals surface area contributed by atoms with Gasteiger partial charge in [0.25, 0.3) is 5.91 Å². The highest BCUT2D eigenvalue weighted by atomic mass is 16.5. The first-order valence-corrected chi connectivity index (χ1v) is 11.4. The van der Waals surface area contributed by atoms with Gasteiger partial charge in [-0.25, -0.2) is 4.79 Å². The third-order valence-corrected chi connectivity index (χ3v) is 6.06. The third kappa shape index (κ3) is 5.74. The van der Waals surface area contributed by atoms with E-state index in [1.54, 1.807) is 12.2 Å². The number of ether oxygens (including phenoxy) is 1. The number of methoxy groups -OCH3 is 1. The maximum Gasteiger partial charge on any atom is 0.328 e. The summed E-state index contributed by atoms with van der Waals surface area (Å²) >= 11 is 0. The predicted molar refractivity (Wildman–Crippen MR) is 135 cm³/mol. The Kier molecular flexibility index (Phi) is 7.25. The molecule has 0 saturated carbocycles. The van der Waals surface area contributed by atoms with Crippen LogP contribution in [0.1, 0.15) is 17.0 Å². The van der Waals surface area contributed by atoms with E-state index in [-0.39, 0.29) is 17.9 Å². The molecule has 0 spiro atoms. The van der Waals surface area contributed by atoms with E-state index in [1.165, 1.54) is 13.2 Å². The summed E-state index contributed by atoms with van der Waals surface area (Å²) in [6.45, 7) is 0. The highest BCUT2D eigenvalue weighted by Gasteiger charge is 2.35. The molecule has 4 rings (SSSR count). The van der Waals surface area contributed by atoms with Gasteiger partial charge in [0.2, 0.25) is 0 Å². The molecule has 0 bridgehead atoms. The minimum Gasteiger partial charge on any atom is -0.467 e. The maximum atomic E-state index is 13.2. The number of carbonyl (C=O) groups is 2. The summed E-state index contributed by atoms with van der Waals surface area (Å²) in [4.78, 5) is 25.7. The fourth-order valence-electron chi connectivity index (χ4n) is 4.12. The van der Waals surface area contributed by atoms with E-state index in [2.05, 4.69) is 5.32 Å². The van der Waals surface area contributed by atoms with Crippen LogP contribution in [0, 0.1) is 0 Å². The number of hydrogen-bond acceptors (Lipinski definition) is 5. The van der Waals surface area contributed by atoms with Gasteiger partial charge in [0, 0.05) is 12.3 Å². The third-order valence-electron chi connectivity index (χ3n) is 6.06. The minimum absolute atomic E-state index is 0.0258. The highest BCUT2D eigenvalue weighted by molar-refractivity contribution is 5.98. The second-order valence-electron chi connectivity index (χ2n) is 8.52. The van der Waals surface area contributed by atoms with Gasteiger partial charge in [0.05, 0.1) is 12.7 Å². The number of allylic oxidation sites excluding steroid dienone is 2. The molecule has 0 radical (unpaired) electrons. The van der Waals surface area contributed by atoms with E-state index < -0.39 is 23.6 Å². The summed E-state index contributed by atoms with van der Waals surface area (Å²) in [5.41, 5.74) is 7.96. The van der Waals surface area contributed by atoms with Gasteiger partial charge in [-0.15, -0.1) is 0 Å². The van der Waals surface area contributed by atoms with Crippen molar-refractivity contribution in [2.45, 2.75) is 24.1 Å². The fraction of sp³-hybridized carbons (Fsp3) is 0.172. The monoisotopic (exact) mass is 468 g/mol. The van der Waals surface area contributed by atoms with Gasteiger partial charge in [0.15, 0.2) is 5.72 Å². The Labute approximate surface area is 204 Å². The van der Waals surface area contributed by atoms with E-state index in [9.17, 15) is 14.7 Å². The standard InChI is InChI=1S/C29H28N2O4/c1-35-28(33)26(18-20-12-14-23(15-13-20)21-8-4-2-5-9-21)31-27(32)25-19-24(16-17-29(25,30)34)22-10-6-3-7-11-22/h2-17,19,24,26,34H,18,30H2,1H3,(H,31,32)/t24?,26-,29?/m0/s1. The number of rotatable bonds is 7. The van der Waals surface area contributed by atoms with Crippen molar-refractivity contribution in [1.29, 1.82) is 0 Å². The van der Waals surface area contributed by atoms with E-state index >= 15 is 0 Å². The zero-order valence-corrected chi connectivity index (χ0v) is 19.4. The van der Waals surface area contributed by atoms with Crippen LogP contribution < -0.4 is 11.1 Å². The Morgan fingerprint density at radius 3 is 2.20 bits per heavy atom. The van der Waals surface area contributed by atoms with Crippen molar-refractivity contribution in [3.05, 3.63) is 120 Å². The quantitative estimate of drug-likeness (QED) is 0.280. The topological polar surface area (TPSA) is 102 Å². The normalized spacial score (nSPS) is 20.0. The second kappa shape index (κ2) is 10.5. The van der Waals surface area contributed by atoms with Crippen LogP contribution in [-0.4, -0.2) is 35.9 Å². The molecule has 6 heteroatoms. The number of aliphatic hydroxyl groups is 1. The van der Waals surface area contributed by atoms with Crippen molar-refractivity contribution >= 4 is 11.9 Å². The second-order valence-corrected chi connectivity index (χ2v) is 8.52. The predicted octanol–water partition coefficient (Wildman–Crippen LogP) is 3.48. The molecule has 0 saturated heterocycles. The van der Waals surface area contributed by atoms with Gasteiger partial charge in [-0.1, -0.05) is 97.1 Å². The number of esters is 1. The number of hydrogen-bond donors (Lipinski definition) is 3. The molecular weight excluding hydrogens is 440 g/mol. The molecule has 3 aromatic carbocycles. The first-order valence-electron chi connectivity index (χ1n) is 11.4. The first-order chi connectivity index (χ1) is 16.9. The van der Waals surface area contributed by atoms with Crippen molar-refractivity contribution in [2.75, 3.05) is 7.11 Å². The molecule has 2 unspecified atom stereocenters. The minimum atomic E-state index is -1.95. The summed E-state index contributed by atoms with van der Waals surface area (Å²) in [6, 6.07) is 26.3. The molecule has 3 aromatic rings. The molecule has 0 heterocycles. The van der Waals surface area contributed by atoms with E-state index in [1.807, 2.05) is 84.9 Å². The average molecular weight is 469 g/mol. The van der Waals surface area contributed by atoms with Crippen molar-refractivity contribution in [3.8, 4) is 11.1 Å². The van der Waals surface area contributed by atoms with Crippen LogP contribution in [0.25, 0.3) is 11.1 Å². The number of carbonyl (C=O) groups excluding carboxylic acids is 2. The van der Waals surface area contributed by atoms with Crippen LogP contribution in [0.2, 0.25) is 0 Å². The molecule has 178 valence electrons. The smallest absolute Gasteiger partial charge is 0.328 e. The van der Waals surface area contributed by atoms with Crippen LogP contribution >= 0.6 is 0 Å². The maximum absolute atomic E-state index is 13.2. The molecule has 0 aromatic heterocycles. The Morgan fingerprint density at radius 1 is 0.971 bits per heavy atom. The number of nitrogens with two attached hydrogens (primary N) is 1. The van der Waals surface area contributed by atoms with Crippen LogP contribution in [0.15, 0.2) is 109 Å².